The van der Waals surface area contributed by atoms with Crippen molar-refractivity contribution in [1.82, 2.24) is 4.31 Å². The first-order valence-electron chi connectivity index (χ1n) is 6.28. The van der Waals surface area contributed by atoms with E-state index in [1.54, 1.807) is 18.5 Å². The van der Waals surface area contributed by atoms with Crippen molar-refractivity contribution in [2.75, 3.05) is 26.0 Å². The Morgan fingerprint density at radius 2 is 1.71 bits per heavy atom. The van der Waals surface area contributed by atoms with E-state index < -0.39 is 10.0 Å². The summed E-state index contributed by atoms with van der Waals surface area (Å²) in [6.07, 6.45) is 0. The van der Waals surface area contributed by atoms with Crippen LogP contribution in [0.1, 0.15) is 5.56 Å². The van der Waals surface area contributed by atoms with Crippen LogP contribution in [0.3, 0.4) is 0 Å². The van der Waals surface area contributed by atoms with Gasteiger partial charge in [0, 0.05) is 37.8 Å². The maximum absolute atomic E-state index is 12.5. The van der Waals surface area contributed by atoms with Crippen molar-refractivity contribution in [2.45, 2.75) is 10.8 Å². The topological polar surface area (TPSA) is 40.6 Å². The Morgan fingerprint density at radius 1 is 1.10 bits per heavy atom. The van der Waals surface area contributed by atoms with Crippen LogP contribution in [0.4, 0.5) is 5.69 Å². The van der Waals surface area contributed by atoms with Crippen LogP contribution in [0.15, 0.2) is 44.4 Å². The lowest BCUT2D eigenvalue weighted by molar-refractivity contribution is 0.468. The summed E-state index contributed by atoms with van der Waals surface area (Å²) in [5, 5.41) is 1.76. The van der Waals surface area contributed by atoms with E-state index in [1.807, 2.05) is 43.3 Å². The molecule has 0 aliphatic carbocycles. The molecular weight excluding hydrogens is 372 g/mol. The van der Waals surface area contributed by atoms with E-state index in [0.29, 0.717) is 15.2 Å². The molecule has 2 aromatic rings. The van der Waals surface area contributed by atoms with Crippen LogP contribution >= 0.6 is 27.3 Å². The molecule has 0 fully saturated rings. The maximum Gasteiger partial charge on any atom is 0.253 e. The van der Waals surface area contributed by atoms with Crippen molar-refractivity contribution in [3.8, 4) is 0 Å². The van der Waals surface area contributed by atoms with Crippen molar-refractivity contribution in [3.05, 3.63) is 45.7 Å². The van der Waals surface area contributed by atoms with E-state index >= 15 is 0 Å². The molecule has 2 rings (SSSR count). The third kappa shape index (κ3) is 3.66. The second kappa shape index (κ2) is 6.48. The number of thiophene rings is 1. The molecule has 0 saturated carbocycles. The number of benzene rings is 1. The molecule has 0 amide bonds. The number of rotatable bonds is 5. The molecule has 0 atom stereocenters. The average molecular weight is 389 g/mol. The Hall–Kier alpha value is -0.890. The molecule has 21 heavy (non-hydrogen) atoms. The lowest BCUT2D eigenvalue weighted by Crippen LogP contribution is -2.26. The SMILES string of the molecule is CN(C)c1ccc(CN(C)S(=O)(=O)c2sccc2Br)cc1. The first-order chi connectivity index (χ1) is 9.82. The molecule has 0 spiro atoms. The van der Waals surface area contributed by atoms with E-state index in [9.17, 15) is 8.42 Å². The van der Waals surface area contributed by atoms with Crippen LogP contribution in [0.2, 0.25) is 0 Å². The highest BCUT2D eigenvalue weighted by molar-refractivity contribution is 9.10. The van der Waals surface area contributed by atoms with Crippen molar-refractivity contribution in [1.29, 1.82) is 0 Å². The number of hydrogen-bond acceptors (Lipinski definition) is 4. The third-order valence-electron chi connectivity index (χ3n) is 3.09. The van der Waals surface area contributed by atoms with Gasteiger partial charge in [-0.15, -0.1) is 11.3 Å². The second-order valence-electron chi connectivity index (χ2n) is 4.88. The third-order valence-corrected chi connectivity index (χ3v) is 7.54. The Balaban J connectivity index is 2.18. The molecule has 0 N–H and O–H groups in total. The minimum absolute atomic E-state index is 0.343. The number of hydrogen-bond donors (Lipinski definition) is 0. The van der Waals surface area contributed by atoms with Crippen molar-refractivity contribution in [2.24, 2.45) is 0 Å². The standard InChI is InChI=1S/C14H17BrN2O2S2/c1-16(2)12-6-4-11(5-7-12)10-17(3)21(18,19)14-13(15)8-9-20-14/h4-9H,10H2,1-3H3. The minimum Gasteiger partial charge on any atom is -0.378 e. The molecule has 1 heterocycles. The van der Waals surface area contributed by atoms with Gasteiger partial charge in [0.15, 0.2) is 0 Å². The summed E-state index contributed by atoms with van der Waals surface area (Å²) >= 11 is 4.50. The van der Waals surface area contributed by atoms with Crippen LogP contribution in [-0.2, 0) is 16.6 Å². The number of halogens is 1. The predicted molar refractivity (Wildman–Crippen MR) is 91.4 cm³/mol. The smallest absolute Gasteiger partial charge is 0.253 e. The quantitative estimate of drug-likeness (QED) is 0.787. The lowest BCUT2D eigenvalue weighted by Gasteiger charge is -2.18. The summed E-state index contributed by atoms with van der Waals surface area (Å²) in [4.78, 5) is 2.01. The highest BCUT2D eigenvalue weighted by atomic mass is 79.9. The molecule has 1 aromatic heterocycles. The molecule has 1 aromatic carbocycles. The zero-order chi connectivity index (χ0) is 15.6. The van der Waals surface area contributed by atoms with Gasteiger partial charge >= 0.3 is 0 Å². The molecule has 0 radical (unpaired) electrons. The Bertz CT molecular complexity index is 709. The van der Waals surface area contributed by atoms with Gasteiger partial charge < -0.3 is 4.90 Å². The second-order valence-corrected chi connectivity index (χ2v) is 8.89. The van der Waals surface area contributed by atoms with E-state index in [4.69, 9.17) is 0 Å². The molecule has 7 heteroatoms. The highest BCUT2D eigenvalue weighted by Gasteiger charge is 2.24. The van der Waals surface area contributed by atoms with Crippen molar-refractivity contribution >= 4 is 43.0 Å². The zero-order valence-electron chi connectivity index (χ0n) is 12.1. The van der Waals surface area contributed by atoms with Crippen LogP contribution in [0, 0.1) is 0 Å². The normalized spacial score (nSPS) is 11.9. The van der Waals surface area contributed by atoms with Crippen molar-refractivity contribution < 1.29 is 8.42 Å². The molecule has 0 aliphatic heterocycles. The number of anilines is 1. The van der Waals surface area contributed by atoms with Gasteiger partial charge in [-0.25, -0.2) is 8.42 Å². The van der Waals surface area contributed by atoms with Gasteiger partial charge in [0.1, 0.15) is 4.21 Å². The van der Waals surface area contributed by atoms with Gasteiger partial charge in [-0.1, -0.05) is 12.1 Å². The summed E-state index contributed by atoms with van der Waals surface area (Å²) in [7, 11) is 2.09. The lowest BCUT2D eigenvalue weighted by atomic mass is 10.2. The first kappa shape index (κ1) is 16.5. The fourth-order valence-electron chi connectivity index (χ4n) is 1.85. The predicted octanol–water partition coefficient (Wildman–Crippen LogP) is 3.40. The monoisotopic (exact) mass is 388 g/mol. The van der Waals surface area contributed by atoms with E-state index in [2.05, 4.69) is 15.9 Å². The number of nitrogens with zero attached hydrogens (tertiary/aromatic N) is 2. The maximum atomic E-state index is 12.5. The molecule has 0 bridgehead atoms. The summed E-state index contributed by atoms with van der Waals surface area (Å²) < 4.78 is 27.3. The zero-order valence-corrected chi connectivity index (χ0v) is 15.3. The molecule has 0 saturated heterocycles. The summed E-state index contributed by atoms with van der Waals surface area (Å²) in [6, 6.07) is 9.61. The fraction of sp³-hybridized carbons (Fsp3) is 0.286. The molecule has 4 nitrogen and oxygen atoms in total. The summed E-state index contributed by atoms with van der Waals surface area (Å²) in [5.41, 5.74) is 2.05. The Labute approximate surface area is 138 Å². The van der Waals surface area contributed by atoms with Gasteiger partial charge in [-0.3, -0.25) is 0 Å². The average Bonchev–Trinajstić information content (AvgIpc) is 2.86. The van der Waals surface area contributed by atoms with Gasteiger partial charge in [-0.05, 0) is 45.1 Å². The van der Waals surface area contributed by atoms with Crippen molar-refractivity contribution in [3.63, 3.8) is 0 Å². The minimum atomic E-state index is -3.46. The van der Waals surface area contributed by atoms with Gasteiger partial charge in [-0.2, -0.15) is 4.31 Å². The van der Waals surface area contributed by atoms with Gasteiger partial charge in [0.05, 0.1) is 0 Å². The number of sulfonamides is 1. The van der Waals surface area contributed by atoms with Crippen LogP contribution in [0.25, 0.3) is 0 Å². The summed E-state index contributed by atoms with van der Waals surface area (Å²) in [5.74, 6) is 0. The van der Waals surface area contributed by atoms with Gasteiger partial charge in [0.2, 0.25) is 0 Å². The largest absolute Gasteiger partial charge is 0.378 e. The van der Waals surface area contributed by atoms with E-state index in [1.165, 1.54) is 15.6 Å². The molecular formula is C14H17BrN2O2S2. The molecule has 0 unspecified atom stereocenters. The Morgan fingerprint density at radius 3 is 2.19 bits per heavy atom. The van der Waals surface area contributed by atoms with Crippen LogP contribution in [-0.4, -0.2) is 33.9 Å². The highest BCUT2D eigenvalue weighted by Crippen LogP contribution is 2.30. The summed E-state index contributed by atoms with van der Waals surface area (Å²) in [6.45, 7) is 0.348. The Kier molecular flexibility index (Phi) is 5.08. The van der Waals surface area contributed by atoms with Crippen LogP contribution in [0.5, 0.6) is 0 Å². The van der Waals surface area contributed by atoms with Crippen LogP contribution < -0.4 is 4.90 Å². The van der Waals surface area contributed by atoms with E-state index in [-0.39, 0.29) is 0 Å². The fourth-order valence-corrected chi connectivity index (χ4v) is 5.51. The van der Waals surface area contributed by atoms with E-state index in [0.717, 1.165) is 11.3 Å². The van der Waals surface area contributed by atoms with Gasteiger partial charge in [0.25, 0.3) is 10.0 Å². The molecule has 0 aliphatic rings. The molecule has 114 valence electrons. The first-order valence-corrected chi connectivity index (χ1v) is 9.39.